The fourth-order valence-electron chi connectivity index (χ4n) is 1.62. The molecule has 0 fully saturated rings. The third kappa shape index (κ3) is 2.64. The van der Waals surface area contributed by atoms with Gasteiger partial charge in [-0.1, -0.05) is 42.8 Å². The van der Waals surface area contributed by atoms with E-state index in [1.807, 2.05) is 19.1 Å². The Kier molecular flexibility index (Phi) is 4.23. The van der Waals surface area contributed by atoms with E-state index in [1.54, 1.807) is 12.1 Å². The second-order valence-electron chi connectivity index (χ2n) is 4.15. The van der Waals surface area contributed by atoms with E-state index in [0.717, 1.165) is 5.56 Å². The number of rotatable bonds is 4. The monoisotopic (exact) mass is 276 g/mol. The summed E-state index contributed by atoms with van der Waals surface area (Å²) < 4.78 is 22.0. The lowest BCUT2D eigenvalue weighted by atomic mass is 10.0. The Labute approximate surface area is 107 Å². The largest absolute Gasteiger partial charge is 0.385 e. The Bertz CT molecular complexity index is 494. The Morgan fingerprint density at radius 1 is 1.41 bits per heavy atom. The summed E-state index contributed by atoms with van der Waals surface area (Å²) in [5, 5.41) is 10.2. The molecular formula is C12H17ClO3S. The third-order valence-electron chi connectivity index (χ3n) is 2.96. The Balaban J connectivity index is 3.23. The molecule has 0 aliphatic carbocycles. The summed E-state index contributed by atoms with van der Waals surface area (Å²) in [6.07, 6.45) is -1.24. The van der Waals surface area contributed by atoms with Crippen molar-refractivity contribution in [3.8, 4) is 0 Å². The van der Waals surface area contributed by atoms with Crippen LogP contribution in [0.4, 0.5) is 0 Å². The molecule has 0 radical (unpaired) electrons. The maximum Gasteiger partial charge on any atom is 0.172 e. The molecule has 0 aromatic heterocycles. The van der Waals surface area contributed by atoms with Crippen molar-refractivity contribution < 1.29 is 13.5 Å². The van der Waals surface area contributed by atoms with Crippen LogP contribution in [0.3, 0.4) is 0 Å². The topological polar surface area (TPSA) is 54.4 Å². The van der Waals surface area contributed by atoms with Gasteiger partial charge in [-0.3, -0.25) is 0 Å². The zero-order chi connectivity index (χ0) is 13.3. The van der Waals surface area contributed by atoms with Crippen LogP contribution in [0.1, 0.15) is 31.1 Å². The molecule has 0 aliphatic heterocycles. The van der Waals surface area contributed by atoms with Gasteiger partial charge >= 0.3 is 0 Å². The van der Waals surface area contributed by atoms with Gasteiger partial charge < -0.3 is 5.11 Å². The minimum Gasteiger partial charge on any atom is -0.385 e. The number of aliphatic hydroxyl groups excluding tert-OH is 1. The zero-order valence-corrected chi connectivity index (χ0v) is 11.7. The predicted octanol–water partition coefficient (Wildman–Crippen LogP) is 2.42. The molecule has 17 heavy (non-hydrogen) atoms. The number of alkyl halides is 1. The van der Waals surface area contributed by atoms with Crippen molar-refractivity contribution in [1.82, 2.24) is 0 Å². The van der Waals surface area contributed by atoms with Crippen molar-refractivity contribution in [3.63, 3.8) is 0 Å². The van der Waals surface area contributed by atoms with Gasteiger partial charge in [0.1, 0.15) is 6.10 Å². The predicted molar refractivity (Wildman–Crippen MR) is 69.9 cm³/mol. The highest BCUT2D eigenvalue weighted by Crippen LogP contribution is 2.38. The number of sulfone groups is 1. The van der Waals surface area contributed by atoms with E-state index in [-0.39, 0.29) is 5.75 Å². The molecule has 0 saturated carbocycles. The van der Waals surface area contributed by atoms with Crippen LogP contribution in [-0.2, 0) is 9.84 Å². The second-order valence-corrected chi connectivity index (χ2v) is 7.81. The molecule has 1 aromatic rings. The van der Waals surface area contributed by atoms with E-state index in [9.17, 15) is 13.5 Å². The maximum absolute atomic E-state index is 11.9. The normalized spacial score (nSPS) is 17.5. The van der Waals surface area contributed by atoms with Crippen LogP contribution in [0.2, 0.25) is 0 Å². The van der Waals surface area contributed by atoms with E-state index < -0.39 is 20.1 Å². The first-order valence-corrected chi connectivity index (χ1v) is 7.42. The number of benzene rings is 1. The van der Waals surface area contributed by atoms with Gasteiger partial charge in [-0.15, -0.1) is 0 Å². The van der Waals surface area contributed by atoms with Crippen LogP contribution in [0.25, 0.3) is 0 Å². The highest BCUT2D eigenvalue weighted by Gasteiger charge is 2.43. The van der Waals surface area contributed by atoms with Crippen molar-refractivity contribution in [2.45, 2.75) is 31.1 Å². The summed E-state index contributed by atoms with van der Waals surface area (Å²) in [4.78, 5) is 0. The summed E-state index contributed by atoms with van der Waals surface area (Å²) in [5.74, 6) is -0.101. The molecule has 1 rings (SSSR count). The van der Waals surface area contributed by atoms with Gasteiger partial charge in [-0.2, -0.15) is 0 Å². The van der Waals surface area contributed by atoms with Crippen LogP contribution >= 0.6 is 11.6 Å². The number of aryl methyl sites for hydroxylation is 1. The first-order valence-electron chi connectivity index (χ1n) is 5.39. The lowest BCUT2D eigenvalue weighted by Crippen LogP contribution is -2.37. The standard InChI is InChI=1S/C12H17ClO3S/c1-4-17(15,16)12(3,13)11(14)10-8-6-5-7-9(10)2/h5-8,11,14H,4H2,1-3H3/t11-,12+/m1/s1. The second kappa shape index (κ2) is 4.96. The maximum atomic E-state index is 11.9. The number of halogens is 1. The SMILES string of the molecule is CCS(=O)(=O)[C@](C)(Cl)[C@H](O)c1ccccc1C. The fourth-order valence-corrected chi connectivity index (χ4v) is 3.10. The van der Waals surface area contributed by atoms with Crippen LogP contribution in [0.5, 0.6) is 0 Å². The van der Waals surface area contributed by atoms with Crippen molar-refractivity contribution >= 4 is 21.4 Å². The number of hydrogen-bond acceptors (Lipinski definition) is 3. The molecule has 1 N–H and O–H groups in total. The Morgan fingerprint density at radius 2 is 1.94 bits per heavy atom. The van der Waals surface area contributed by atoms with Crippen molar-refractivity contribution in [2.75, 3.05) is 5.75 Å². The quantitative estimate of drug-likeness (QED) is 0.860. The van der Waals surface area contributed by atoms with Gasteiger partial charge in [0.25, 0.3) is 0 Å². The van der Waals surface area contributed by atoms with Gasteiger partial charge in [0.15, 0.2) is 14.0 Å². The summed E-state index contributed by atoms with van der Waals surface area (Å²) in [7, 11) is -3.55. The summed E-state index contributed by atoms with van der Waals surface area (Å²) in [6.45, 7) is 4.66. The molecule has 1 aromatic carbocycles. The minimum atomic E-state index is -3.55. The molecule has 0 aliphatic rings. The smallest absolute Gasteiger partial charge is 0.172 e. The van der Waals surface area contributed by atoms with E-state index in [2.05, 4.69) is 0 Å². The van der Waals surface area contributed by atoms with Gasteiger partial charge in [0.2, 0.25) is 0 Å². The van der Waals surface area contributed by atoms with E-state index in [4.69, 9.17) is 11.6 Å². The molecule has 96 valence electrons. The van der Waals surface area contributed by atoms with Crippen LogP contribution in [-0.4, -0.2) is 23.5 Å². The molecule has 5 heteroatoms. The zero-order valence-electron chi connectivity index (χ0n) is 10.1. The van der Waals surface area contributed by atoms with Crippen LogP contribution in [0.15, 0.2) is 24.3 Å². The first kappa shape index (κ1) is 14.5. The van der Waals surface area contributed by atoms with Crippen molar-refractivity contribution in [2.24, 2.45) is 0 Å². The molecule has 0 amide bonds. The molecule has 0 spiro atoms. The van der Waals surface area contributed by atoms with Gasteiger partial charge in [0, 0.05) is 5.75 Å². The Hall–Kier alpha value is -0.580. The Morgan fingerprint density at radius 3 is 2.41 bits per heavy atom. The first-order chi connectivity index (χ1) is 7.74. The average Bonchev–Trinajstić information content (AvgIpc) is 2.28. The van der Waals surface area contributed by atoms with Gasteiger partial charge in [-0.05, 0) is 25.0 Å². The lowest BCUT2D eigenvalue weighted by molar-refractivity contribution is 0.162. The summed E-state index contributed by atoms with van der Waals surface area (Å²) in [6, 6.07) is 7.07. The molecule has 3 nitrogen and oxygen atoms in total. The third-order valence-corrected chi connectivity index (χ3v) is 6.07. The van der Waals surface area contributed by atoms with Gasteiger partial charge in [0.05, 0.1) is 0 Å². The number of hydrogen-bond donors (Lipinski definition) is 1. The molecular weight excluding hydrogens is 260 g/mol. The van der Waals surface area contributed by atoms with Crippen LogP contribution in [0, 0.1) is 6.92 Å². The van der Waals surface area contributed by atoms with Gasteiger partial charge in [-0.25, -0.2) is 8.42 Å². The summed E-state index contributed by atoms with van der Waals surface area (Å²) >= 11 is 6.05. The highest BCUT2D eigenvalue weighted by molar-refractivity contribution is 7.94. The van der Waals surface area contributed by atoms with E-state index >= 15 is 0 Å². The molecule has 0 bridgehead atoms. The highest BCUT2D eigenvalue weighted by atomic mass is 35.5. The minimum absolute atomic E-state index is 0.101. The van der Waals surface area contributed by atoms with Crippen LogP contribution < -0.4 is 0 Å². The molecule has 0 heterocycles. The fraction of sp³-hybridized carbons (Fsp3) is 0.500. The van der Waals surface area contributed by atoms with E-state index in [0.29, 0.717) is 5.56 Å². The lowest BCUT2D eigenvalue weighted by Gasteiger charge is -2.28. The molecule has 0 saturated heterocycles. The van der Waals surface area contributed by atoms with E-state index in [1.165, 1.54) is 13.8 Å². The molecule has 2 atom stereocenters. The summed E-state index contributed by atoms with van der Waals surface area (Å²) in [5.41, 5.74) is 1.36. The van der Waals surface area contributed by atoms with Crippen molar-refractivity contribution in [1.29, 1.82) is 0 Å². The average molecular weight is 277 g/mol. The molecule has 0 unspecified atom stereocenters. The van der Waals surface area contributed by atoms with Crippen molar-refractivity contribution in [3.05, 3.63) is 35.4 Å². The number of aliphatic hydroxyl groups is 1.